The molecule has 2 heteroatoms. The monoisotopic (exact) mass is 193 g/mol. The van der Waals surface area contributed by atoms with Crippen molar-refractivity contribution in [2.24, 2.45) is 5.73 Å². The minimum atomic E-state index is 0.208. The Morgan fingerprint density at radius 3 is 2.71 bits per heavy atom. The van der Waals surface area contributed by atoms with Gasteiger partial charge < -0.3 is 10.5 Å². The van der Waals surface area contributed by atoms with Crippen molar-refractivity contribution in [1.29, 1.82) is 0 Å². The molecule has 0 saturated carbocycles. The first-order chi connectivity index (χ1) is 6.59. The van der Waals surface area contributed by atoms with Crippen LogP contribution < -0.4 is 10.5 Å². The van der Waals surface area contributed by atoms with Gasteiger partial charge in [0, 0.05) is 6.04 Å². The fourth-order valence-electron chi connectivity index (χ4n) is 1.22. The number of hydrogen-bond donors (Lipinski definition) is 1. The lowest BCUT2D eigenvalue weighted by Gasteiger charge is -2.11. The minimum Gasteiger partial charge on any atom is -0.493 e. The molecule has 1 aromatic rings. The molecule has 14 heavy (non-hydrogen) atoms. The molecule has 1 aromatic carbocycles. The second-order valence-electron chi connectivity index (χ2n) is 3.88. The third-order valence-electron chi connectivity index (χ3n) is 2.17. The summed E-state index contributed by atoms with van der Waals surface area (Å²) in [6.45, 7) is 6.81. The van der Waals surface area contributed by atoms with Crippen LogP contribution in [0.15, 0.2) is 18.2 Å². The van der Waals surface area contributed by atoms with Crippen LogP contribution in [0.5, 0.6) is 5.75 Å². The Bertz CT molecular complexity index is 294. The Labute approximate surface area is 86.1 Å². The first-order valence-electron chi connectivity index (χ1n) is 5.05. The summed E-state index contributed by atoms with van der Waals surface area (Å²) in [5.41, 5.74) is 8.05. The van der Waals surface area contributed by atoms with Crippen LogP contribution >= 0.6 is 0 Å². The summed E-state index contributed by atoms with van der Waals surface area (Å²) in [7, 11) is 0. The van der Waals surface area contributed by atoms with E-state index in [9.17, 15) is 0 Å². The Balaban J connectivity index is 2.53. The molecule has 0 amide bonds. The highest BCUT2D eigenvalue weighted by Gasteiger charge is 2.00. The van der Waals surface area contributed by atoms with Gasteiger partial charge in [-0.05, 0) is 44.4 Å². The number of benzene rings is 1. The lowest BCUT2D eigenvalue weighted by atomic mass is 10.1. The van der Waals surface area contributed by atoms with Crippen LogP contribution in [-0.2, 0) is 0 Å². The molecule has 2 nitrogen and oxygen atoms in total. The molecule has 1 atom stereocenters. The molecule has 0 saturated heterocycles. The SMILES string of the molecule is Cc1ccc(C)c(OCCC(C)N)c1. The van der Waals surface area contributed by atoms with Gasteiger partial charge in [-0.3, -0.25) is 0 Å². The average Bonchev–Trinajstić information content (AvgIpc) is 2.10. The van der Waals surface area contributed by atoms with E-state index in [0.29, 0.717) is 6.61 Å². The number of rotatable bonds is 4. The van der Waals surface area contributed by atoms with E-state index in [0.717, 1.165) is 12.2 Å². The van der Waals surface area contributed by atoms with Crippen LogP contribution in [0.2, 0.25) is 0 Å². The van der Waals surface area contributed by atoms with E-state index < -0.39 is 0 Å². The molecule has 1 unspecified atom stereocenters. The minimum absolute atomic E-state index is 0.208. The molecule has 0 aromatic heterocycles. The second kappa shape index (κ2) is 5.01. The maximum Gasteiger partial charge on any atom is 0.122 e. The van der Waals surface area contributed by atoms with Crippen LogP contribution in [0.3, 0.4) is 0 Å². The van der Waals surface area contributed by atoms with Gasteiger partial charge in [-0.2, -0.15) is 0 Å². The lowest BCUT2D eigenvalue weighted by Crippen LogP contribution is -2.18. The summed E-state index contributed by atoms with van der Waals surface area (Å²) >= 11 is 0. The summed E-state index contributed by atoms with van der Waals surface area (Å²) < 4.78 is 5.65. The second-order valence-corrected chi connectivity index (χ2v) is 3.88. The van der Waals surface area contributed by atoms with Crippen molar-refractivity contribution in [3.8, 4) is 5.75 Å². The summed E-state index contributed by atoms with van der Waals surface area (Å²) in [6.07, 6.45) is 0.896. The van der Waals surface area contributed by atoms with Gasteiger partial charge in [0.2, 0.25) is 0 Å². The first kappa shape index (κ1) is 11.1. The van der Waals surface area contributed by atoms with E-state index in [-0.39, 0.29) is 6.04 Å². The molecular formula is C12H19NO. The van der Waals surface area contributed by atoms with E-state index >= 15 is 0 Å². The van der Waals surface area contributed by atoms with Gasteiger partial charge in [0.05, 0.1) is 6.61 Å². The maximum absolute atomic E-state index is 5.65. The van der Waals surface area contributed by atoms with Crippen molar-refractivity contribution in [2.75, 3.05) is 6.61 Å². The van der Waals surface area contributed by atoms with Crippen LogP contribution in [0.1, 0.15) is 24.5 Å². The van der Waals surface area contributed by atoms with Crippen molar-refractivity contribution in [3.05, 3.63) is 29.3 Å². The zero-order valence-corrected chi connectivity index (χ0v) is 9.21. The highest BCUT2D eigenvalue weighted by molar-refractivity contribution is 5.35. The van der Waals surface area contributed by atoms with Crippen molar-refractivity contribution in [2.45, 2.75) is 33.2 Å². The Morgan fingerprint density at radius 2 is 2.07 bits per heavy atom. The summed E-state index contributed by atoms with van der Waals surface area (Å²) in [4.78, 5) is 0. The normalized spacial score (nSPS) is 12.6. The highest BCUT2D eigenvalue weighted by Crippen LogP contribution is 2.19. The lowest BCUT2D eigenvalue weighted by molar-refractivity contribution is 0.299. The fraction of sp³-hybridized carbons (Fsp3) is 0.500. The number of ether oxygens (including phenoxy) is 1. The molecule has 0 radical (unpaired) electrons. The third kappa shape index (κ3) is 3.38. The molecule has 78 valence electrons. The van der Waals surface area contributed by atoms with Gasteiger partial charge >= 0.3 is 0 Å². The summed E-state index contributed by atoms with van der Waals surface area (Å²) in [5.74, 6) is 0.977. The number of hydrogen-bond acceptors (Lipinski definition) is 2. The van der Waals surface area contributed by atoms with Gasteiger partial charge in [0.1, 0.15) is 5.75 Å². The van der Waals surface area contributed by atoms with E-state index in [2.05, 4.69) is 32.0 Å². The van der Waals surface area contributed by atoms with E-state index in [1.165, 1.54) is 11.1 Å². The van der Waals surface area contributed by atoms with E-state index in [1.54, 1.807) is 0 Å². The zero-order chi connectivity index (χ0) is 10.6. The predicted molar refractivity (Wildman–Crippen MR) is 59.7 cm³/mol. The summed E-state index contributed by atoms with van der Waals surface area (Å²) in [5, 5.41) is 0. The average molecular weight is 193 g/mol. The summed E-state index contributed by atoms with van der Waals surface area (Å²) in [6, 6.07) is 6.45. The largest absolute Gasteiger partial charge is 0.493 e. The molecule has 0 bridgehead atoms. The zero-order valence-electron chi connectivity index (χ0n) is 9.21. The van der Waals surface area contributed by atoms with Crippen LogP contribution in [0, 0.1) is 13.8 Å². The standard InChI is InChI=1S/C12H19NO/c1-9-4-5-10(2)12(8-9)14-7-6-11(3)13/h4-5,8,11H,6-7,13H2,1-3H3. The van der Waals surface area contributed by atoms with Crippen molar-refractivity contribution in [1.82, 2.24) is 0 Å². The third-order valence-corrected chi connectivity index (χ3v) is 2.17. The first-order valence-corrected chi connectivity index (χ1v) is 5.05. The Kier molecular flexibility index (Phi) is 3.96. The van der Waals surface area contributed by atoms with Crippen molar-refractivity contribution >= 4 is 0 Å². The molecule has 2 N–H and O–H groups in total. The molecule has 0 aliphatic heterocycles. The van der Waals surface area contributed by atoms with Crippen molar-refractivity contribution in [3.63, 3.8) is 0 Å². The molecule has 0 aliphatic carbocycles. The smallest absolute Gasteiger partial charge is 0.122 e. The molecule has 0 spiro atoms. The van der Waals surface area contributed by atoms with Crippen LogP contribution in [-0.4, -0.2) is 12.6 Å². The maximum atomic E-state index is 5.65. The fourth-order valence-corrected chi connectivity index (χ4v) is 1.22. The van der Waals surface area contributed by atoms with E-state index in [1.807, 2.05) is 6.92 Å². The van der Waals surface area contributed by atoms with Crippen molar-refractivity contribution < 1.29 is 4.74 Å². The van der Waals surface area contributed by atoms with Gasteiger partial charge in [0.15, 0.2) is 0 Å². The quantitative estimate of drug-likeness (QED) is 0.797. The molecule has 1 rings (SSSR count). The number of nitrogens with two attached hydrogens (primary N) is 1. The Hall–Kier alpha value is -1.02. The Morgan fingerprint density at radius 1 is 1.36 bits per heavy atom. The van der Waals surface area contributed by atoms with Gasteiger partial charge in [-0.15, -0.1) is 0 Å². The predicted octanol–water partition coefficient (Wildman–Crippen LogP) is 2.42. The van der Waals surface area contributed by atoms with Gasteiger partial charge in [-0.25, -0.2) is 0 Å². The number of aryl methyl sites for hydroxylation is 2. The molecule has 0 aliphatic rings. The van der Waals surface area contributed by atoms with E-state index in [4.69, 9.17) is 10.5 Å². The molecule has 0 heterocycles. The molecular weight excluding hydrogens is 174 g/mol. The topological polar surface area (TPSA) is 35.2 Å². The van der Waals surface area contributed by atoms with Gasteiger partial charge in [-0.1, -0.05) is 12.1 Å². The van der Waals surface area contributed by atoms with Gasteiger partial charge in [0.25, 0.3) is 0 Å². The van der Waals surface area contributed by atoms with Crippen LogP contribution in [0.25, 0.3) is 0 Å². The van der Waals surface area contributed by atoms with Crippen LogP contribution in [0.4, 0.5) is 0 Å². The molecule has 0 fully saturated rings. The highest BCUT2D eigenvalue weighted by atomic mass is 16.5.